The van der Waals surface area contributed by atoms with E-state index in [4.69, 9.17) is 0 Å². The first-order valence-corrected chi connectivity index (χ1v) is 26.6. The minimum absolute atomic E-state index is 0.0252. The van der Waals surface area contributed by atoms with Gasteiger partial charge in [-0.1, -0.05) is 65.8 Å². The number of amides is 8. The molecule has 2 aliphatic rings. The van der Waals surface area contributed by atoms with Crippen LogP contribution in [0.1, 0.15) is 88.9 Å². The van der Waals surface area contributed by atoms with E-state index in [2.05, 4.69) is 62.5 Å². The third kappa shape index (κ3) is 14.2. The zero-order valence-electron chi connectivity index (χ0n) is 46.8. The highest BCUT2D eigenvalue weighted by atomic mass is 16.2. The van der Waals surface area contributed by atoms with Crippen molar-refractivity contribution in [1.29, 1.82) is 0 Å². The summed E-state index contributed by atoms with van der Waals surface area (Å²) in [6.45, 7) is 14.1. The summed E-state index contributed by atoms with van der Waals surface area (Å²) in [6, 6.07) is 16.3. The number of rotatable bonds is 18. The third-order valence-electron chi connectivity index (χ3n) is 14.3. The van der Waals surface area contributed by atoms with Crippen molar-refractivity contribution in [1.82, 2.24) is 61.6 Å². The molecular weight excluding hydrogens is 1020 g/mol. The Labute approximate surface area is 465 Å². The Hall–Kier alpha value is -8.50. The first-order chi connectivity index (χ1) is 38.0. The van der Waals surface area contributed by atoms with Gasteiger partial charge < -0.3 is 52.3 Å². The summed E-state index contributed by atoms with van der Waals surface area (Å²) < 4.78 is 0. The molecule has 4 heterocycles. The van der Waals surface area contributed by atoms with E-state index in [0.29, 0.717) is 34.2 Å². The van der Waals surface area contributed by atoms with Gasteiger partial charge in [0.25, 0.3) is 11.8 Å². The first kappa shape index (κ1) is 59.2. The molecule has 22 nitrogen and oxygen atoms in total. The number of hydrogen-bond acceptors (Lipinski definition) is 14. The van der Waals surface area contributed by atoms with Gasteiger partial charge in [0.05, 0.1) is 23.5 Å². The highest BCUT2D eigenvalue weighted by Crippen LogP contribution is 2.32. The zero-order valence-corrected chi connectivity index (χ0v) is 46.8. The highest BCUT2D eigenvalue weighted by Gasteiger charge is 2.47. The van der Waals surface area contributed by atoms with Gasteiger partial charge >= 0.3 is 0 Å². The molecule has 8 amide bonds. The Kier molecular flexibility index (Phi) is 18.9. The van der Waals surface area contributed by atoms with Crippen molar-refractivity contribution >= 4 is 58.6 Å². The topological polar surface area (TPSA) is 291 Å². The number of aromatic nitrogens is 4. The molecule has 0 bridgehead atoms. The van der Waals surface area contributed by atoms with Crippen LogP contribution in [0.2, 0.25) is 0 Å². The van der Waals surface area contributed by atoms with Gasteiger partial charge in [0.15, 0.2) is 11.6 Å². The number of nitrogens with zero attached hydrogens (tertiary/aromatic N) is 6. The van der Waals surface area contributed by atoms with E-state index in [1.807, 2.05) is 41.5 Å². The molecule has 22 heteroatoms. The Morgan fingerprint density at radius 3 is 1.16 bits per heavy atom. The molecule has 422 valence electrons. The largest absolute Gasteiger partial charge is 0.347 e. The lowest BCUT2D eigenvalue weighted by atomic mass is 9.85. The van der Waals surface area contributed by atoms with Gasteiger partial charge in [-0.3, -0.25) is 38.4 Å². The molecule has 0 aliphatic carbocycles. The quantitative estimate of drug-likeness (QED) is 0.0623. The van der Waals surface area contributed by atoms with Crippen LogP contribution in [-0.2, 0) is 28.8 Å². The molecule has 7 rings (SSSR count). The summed E-state index contributed by atoms with van der Waals surface area (Å²) in [5.41, 5.74) is 0.714. The predicted octanol–water partition coefficient (Wildman–Crippen LogP) is 3.55. The fourth-order valence-corrected chi connectivity index (χ4v) is 9.48. The molecular formula is C58H72N14O8. The van der Waals surface area contributed by atoms with E-state index in [0.717, 1.165) is 0 Å². The molecule has 0 spiro atoms. The lowest BCUT2D eigenvalue weighted by Crippen LogP contribution is -2.59. The number of anilines is 2. The maximum Gasteiger partial charge on any atom is 0.251 e. The average molecular weight is 1090 g/mol. The molecule has 2 aromatic heterocycles. The van der Waals surface area contributed by atoms with Gasteiger partial charge in [-0.05, 0) is 112 Å². The fourth-order valence-electron chi connectivity index (χ4n) is 9.48. The molecule has 2 fully saturated rings. The van der Waals surface area contributed by atoms with Crippen LogP contribution in [0, 0.1) is 10.8 Å². The Bertz CT molecular complexity index is 2850. The van der Waals surface area contributed by atoms with Crippen LogP contribution in [0.5, 0.6) is 0 Å². The summed E-state index contributed by atoms with van der Waals surface area (Å²) >= 11 is 0. The molecule has 5 aromatic rings. The van der Waals surface area contributed by atoms with Crippen LogP contribution >= 0.6 is 0 Å². The fraction of sp³-hybridized carbons (Fsp3) is 0.414. The molecule has 2 saturated heterocycles. The van der Waals surface area contributed by atoms with Crippen LogP contribution in [0.4, 0.5) is 11.4 Å². The van der Waals surface area contributed by atoms with Crippen molar-refractivity contribution in [2.45, 2.75) is 117 Å². The van der Waals surface area contributed by atoms with Crippen LogP contribution in [0.3, 0.4) is 0 Å². The maximum atomic E-state index is 14.7. The van der Waals surface area contributed by atoms with Crippen molar-refractivity contribution in [3.05, 3.63) is 121 Å². The minimum atomic E-state index is -1.08. The molecule has 0 saturated carbocycles. The molecule has 3 aromatic carbocycles. The summed E-state index contributed by atoms with van der Waals surface area (Å²) in [5.74, 6) is -3.19. The highest BCUT2D eigenvalue weighted by molar-refractivity contribution is 6.04. The summed E-state index contributed by atoms with van der Waals surface area (Å²) in [6.07, 6.45) is 6.39. The monoisotopic (exact) mass is 1090 g/mol. The molecule has 8 atom stereocenters. The first-order valence-electron chi connectivity index (χ1n) is 26.6. The summed E-state index contributed by atoms with van der Waals surface area (Å²) in [4.78, 5) is 133. The van der Waals surface area contributed by atoms with Crippen molar-refractivity contribution in [3.8, 4) is 22.8 Å². The number of carbonyl (C=O) groups is 8. The number of likely N-dealkylation sites (tertiary alicyclic amines) is 2. The normalized spacial score (nSPS) is 18.7. The maximum absolute atomic E-state index is 14.7. The van der Waals surface area contributed by atoms with E-state index in [-0.39, 0.29) is 37.1 Å². The van der Waals surface area contributed by atoms with E-state index in [1.54, 1.807) is 113 Å². The van der Waals surface area contributed by atoms with Crippen molar-refractivity contribution in [3.63, 3.8) is 0 Å². The zero-order chi connectivity index (χ0) is 58.1. The molecule has 8 N–H and O–H groups in total. The van der Waals surface area contributed by atoms with Gasteiger partial charge in [-0.2, -0.15) is 0 Å². The van der Waals surface area contributed by atoms with Gasteiger partial charge in [-0.25, -0.2) is 19.9 Å². The summed E-state index contributed by atoms with van der Waals surface area (Å²) in [7, 11) is 3.26. The van der Waals surface area contributed by atoms with E-state index >= 15 is 0 Å². The van der Waals surface area contributed by atoms with Crippen molar-refractivity contribution in [2.24, 2.45) is 10.8 Å². The lowest BCUT2D eigenvalue weighted by Gasteiger charge is -2.36. The van der Waals surface area contributed by atoms with Crippen LogP contribution in [0.25, 0.3) is 22.8 Å². The lowest BCUT2D eigenvalue weighted by molar-refractivity contribution is -0.143. The SMILES string of the molecule is CN[C@@H](C)C(=O)N[C@H](C(=O)N1C[C@@H](NC(=O)c2ccc(C(=O)N[C@H]3C[C@@H](C(=O)Nc4ccccc4-c4ncccn4)N(C(=O)[C@@H](NC(=O)[C@H](C)NC)C(C)(C)C)C3)cc2)C[C@H]1C(=O)Nc1ccccc1-c1ncccn1)C(C)(C)C. The van der Waals surface area contributed by atoms with Gasteiger partial charge in [-0.15, -0.1) is 0 Å². The molecule has 2 aliphatic heterocycles. The number of likely N-dealkylation sites (N-methyl/N-ethyl adjacent to an activating group) is 2. The van der Waals surface area contributed by atoms with E-state index < -0.39 is 106 Å². The number of nitrogens with one attached hydrogen (secondary N) is 8. The third-order valence-corrected chi connectivity index (χ3v) is 14.3. The van der Waals surface area contributed by atoms with E-state index in [1.165, 1.54) is 34.1 Å². The Morgan fingerprint density at radius 2 is 0.838 bits per heavy atom. The standard InChI is InChI=1S/C58H72N14O8/c1-33(59-9)49(73)69-45(57(3,4)5)55(79)71-31-37(29-43(71)53(77)67-41-19-13-11-17-39(41)47-61-25-15-26-62-47)65-51(75)35-21-23-36(24-22-35)52(76)66-38-30-44(54(78)68-42-20-14-12-18-40(42)48-63-27-16-28-64-48)72(32-38)56(80)46(58(6,7)8)70-50(74)34(2)60-10/h11-28,33-34,37-38,43-46,59-60H,29-32H2,1-10H3,(H,65,75)(H,66,76)(H,67,77)(H,68,78)(H,69,73)(H,70,74)/t33-,34-,37-,38-,43-,44-,45+,46+/m0/s1. The Balaban J connectivity index is 1.08. The van der Waals surface area contributed by atoms with E-state index in [9.17, 15) is 38.4 Å². The summed E-state index contributed by atoms with van der Waals surface area (Å²) in [5, 5.41) is 23.4. The second-order valence-corrected chi connectivity index (χ2v) is 22.3. The second-order valence-electron chi connectivity index (χ2n) is 22.3. The van der Waals surface area contributed by atoms with Crippen molar-refractivity contribution < 1.29 is 38.4 Å². The van der Waals surface area contributed by atoms with Gasteiger partial charge in [0.2, 0.25) is 35.4 Å². The van der Waals surface area contributed by atoms with Crippen LogP contribution in [0.15, 0.2) is 110 Å². The number of hydrogen-bond donors (Lipinski definition) is 8. The van der Waals surface area contributed by atoms with Crippen LogP contribution in [-0.4, -0.2) is 153 Å². The van der Waals surface area contributed by atoms with Gasteiger partial charge in [0.1, 0.15) is 24.2 Å². The minimum Gasteiger partial charge on any atom is -0.347 e. The van der Waals surface area contributed by atoms with Crippen LogP contribution < -0.4 is 42.5 Å². The van der Waals surface area contributed by atoms with Crippen molar-refractivity contribution in [2.75, 3.05) is 37.8 Å². The molecule has 0 unspecified atom stereocenters. The number of carbonyl (C=O) groups excluding carboxylic acids is 8. The molecule has 80 heavy (non-hydrogen) atoms. The Morgan fingerprint density at radius 1 is 0.500 bits per heavy atom. The average Bonchev–Trinajstić information content (AvgIpc) is 4.09. The predicted molar refractivity (Wildman–Crippen MR) is 301 cm³/mol. The smallest absolute Gasteiger partial charge is 0.251 e. The second kappa shape index (κ2) is 25.5. The number of para-hydroxylation sites is 2. The molecule has 0 radical (unpaired) electrons. The number of benzene rings is 3. The van der Waals surface area contributed by atoms with Gasteiger partial charge in [0, 0.05) is 72.2 Å².